The second-order valence-corrected chi connectivity index (χ2v) is 2.84. The summed E-state index contributed by atoms with van der Waals surface area (Å²) in [5, 5.41) is 35.5. The fourth-order valence-electron chi connectivity index (χ4n) is 0.791. The maximum atomic E-state index is 10.1. The first-order chi connectivity index (χ1) is 6.90. The van der Waals surface area contributed by atoms with Crippen LogP contribution in [0.3, 0.4) is 0 Å². The second-order valence-electron chi connectivity index (χ2n) is 2.84. The van der Waals surface area contributed by atoms with Gasteiger partial charge < -0.3 is 35.7 Å². The fraction of sp³-hybridized carbons (Fsp3) is 0.714. The molecule has 0 aliphatic heterocycles. The van der Waals surface area contributed by atoms with Crippen LogP contribution in [0.1, 0.15) is 0 Å². The van der Waals surface area contributed by atoms with Crippen molar-refractivity contribution in [1.82, 2.24) is 0 Å². The Morgan fingerprint density at radius 1 is 1.33 bits per heavy atom. The average Bonchev–Trinajstić information content (AvgIpc) is 2.22. The van der Waals surface area contributed by atoms with Crippen LogP contribution in [0.2, 0.25) is 0 Å². The molecular weight excluding hydrogens is 210 g/mol. The van der Waals surface area contributed by atoms with E-state index in [1.165, 1.54) is 0 Å². The monoisotopic (exact) mass is 223 g/mol. The minimum Gasteiger partial charge on any atom is -0.450 e. The van der Waals surface area contributed by atoms with Crippen LogP contribution in [-0.4, -0.2) is 63.8 Å². The van der Waals surface area contributed by atoms with E-state index in [4.69, 9.17) is 21.1 Å². The molecule has 0 heterocycles. The highest BCUT2D eigenvalue weighted by molar-refractivity contribution is 5.58. The predicted octanol–water partition coefficient (Wildman–Crippen LogP) is -2.71. The summed E-state index contributed by atoms with van der Waals surface area (Å²) in [4.78, 5) is 20.1. The molecule has 0 saturated carbocycles. The molecule has 0 bridgehead atoms. The van der Waals surface area contributed by atoms with Gasteiger partial charge in [0.2, 0.25) is 0 Å². The number of carbonyl (C=O) groups is 2. The van der Waals surface area contributed by atoms with E-state index in [2.05, 4.69) is 4.74 Å². The zero-order chi connectivity index (χ0) is 12.0. The van der Waals surface area contributed by atoms with Crippen molar-refractivity contribution >= 4 is 12.4 Å². The normalized spacial score (nSPS) is 18.7. The maximum absolute atomic E-state index is 10.1. The van der Waals surface area contributed by atoms with Crippen molar-refractivity contribution in [2.45, 2.75) is 24.4 Å². The van der Waals surface area contributed by atoms with Gasteiger partial charge in [0.1, 0.15) is 31.2 Å². The third-order valence-corrected chi connectivity index (χ3v) is 1.67. The van der Waals surface area contributed by atoms with Gasteiger partial charge in [-0.25, -0.2) is 4.79 Å². The zero-order valence-electron chi connectivity index (χ0n) is 7.68. The Kier molecular flexibility index (Phi) is 5.79. The number of ether oxygens (including phenoxy) is 1. The standard InChI is InChI=1S/C7H13NO7/c8-3(1-9)5(11)6(12)4(10)2-15-7(13)14/h1,3-6,10-12H,2,8H2,(H,13,14)/t3-,4+,5+,6+/m0/s1. The van der Waals surface area contributed by atoms with Crippen LogP contribution in [0.15, 0.2) is 0 Å². The van der Waals surface area contributed by atoms with E-state index >= 15 is 0 Å². The highest BCUT2D eigenvalue weighted by Gasteiger charge is 2.29. The number of aliphatic hydroxyl groups excluding tert-OH is 3. The van der Waals surface area contributed by atoms with Crippen LogP contribution >= 0.6 is 0 Å². The van der Waals surface area contributed by atoms with Gasteiger partial charge in [-0.05, 0) is 0 Å². The Hall–Kier alpha value is -1.22. The number of hydrogen-bond donors (Lipinski definition) is 5. The smallest absolute Gasteiger partial charge is 0.450 e. The molecule has 0 rings (SSSR count). The maximum Gasteiger partial charge on any atom is 0.505 e. The van der Waals surface area contributed by atoms with Gasteiger partial charge in [-0.1, -0.05) is 0 Å². The number of rotatable bonds is 6. The van der Waals surface area contributed by atoms with Crippen molar-refractivity contribution in [2.24, 2.45) is 5.73 Å². The van der Waals surface area contributed by atoms with Crippen molar-refractivity contribution in [1.29, 1.82) is 0 Å². The van der Waals surface area contributed by atoms with Crippen molar-refractivity contribution < 1.29 is 34.8 Å². The molecular formula is C7H13NO7. The highest BCUT2D eigenvalue weighted by Crippen LogP contribution is 2.03. The number of hydrogen-bond acceptors (Lipinski definition) is 7. The summed E-state index contributed by atoms with van der Waals surface area (Å²) >= 11 is 0. The van der Waals surface area contributed by atoms with Gasteiger partial charge >= 0.3 is 6.16 Å². The van der Waals surface area contributed by atoms with Gasteiger partial charge in [-0.3, -0.25) is 0 Å². The van der Waals surface area contributed by atoms with E-state index in [1.54, 1.807) is 0 Å². The summed E-state index contributed by atoms with van der Waals surface area (Å²) < 4.78 is 3.95. The molecule has 0 amide bonds. The van der Waals surface area contributed by atoms with Crippen LogP contribution in [0, 0.1) is 0 Å². The summed E-state index contributed by atoms with van der Waals surface area (Å²) in [6.45, 7) is -0.723. The van der Waals surface area contributed by atoms with Crippen LogP contribution in [0.5, 0.6) is 0 Å². The summed E-state index contributed by atoms with van der Waals surface area (Å²) in [5.41, 5.74) is 5.06. The van der Waals surface area contributed by atoms with Crippen molar-refractivity contribution in [3.8, 4) is 0 Å². The molecule has 4 atom stereocenters. The fourth-order valence-corrected chi connectivity index (χ4v) is 0.791. The quantitative estimate of drug-likeness (QED) is 0.241. The molecule has 0 unspecified atom stereocenters. The number of carboxylic acid groups (broad SMARTS) is 1. The average molecular weight is 223 g/mol. The summed E-state index contributed by atoms with van der Waals surface area (Å²) in [6, 6.07) is -1.36. The van der Waals surface area contributed by atoms with Gasteiger partial charge in [0, 0.05) is 0 Å². The lowest BCUT2D eigenvalue weighted by Crippen LogP contribution is -2.50. The van der Waals surface area contributed by atoms with Gasteiger partial charge in [-0.15, -0.1) is 0 Å². The van der Waals surface area contributed by atoms with E-state index in [9.17, 15) is 14.7 Å². The first-order valence-electron chi connectivity index (χ1n) is 4.01. The molecule has 15 heavy (non-hydrogen) atoms. The molecule has 88 valence electrons. The Bertz CT molecular complexity index is 221. The Balaban J connectivity index is 4.11. The first-order valence-corrected chi connectivity index (χ1v) is 4.01. The molecule has 0 saturated heterocycles. The largest absolute Gasteiger partial charge is 0.505 e. The SMILES string of the molecule is N[C@@H](C=O)[C@@H](O)[C@H](O)[C@H](O)COC(=O)O. The molecule has 0 aliphatic rings. The van der Waals surface area contributed by atoms with E-state index in [-0.39, 0.29) is 6.29 Å². The number of nitrogens with two attached hydrogens (primary N) is 1. The lowest BCUT2D eigenvalue weighted by atomic mass is 10.0. The molecule has 8 nitrogen and oxygen atoms in total. The van der Waals surface area contributed by atoms with Crippen LogP contribution in [-0.2, 0) is 9.53 Å². The molecule has 0 aromatic heterocycles. The van der Waals surface area contributed by atoms with Gasteiger partial charge in [0.05, 0.1) is 6.04 Å². The lowest BCUT2D eigenvalue weighted by Gasteiger charge is -2.23. The summed E-state index contributed by atoms with van der Waals surface area (Å²) in [5.74, 6) is 0. The molecule has 0 fully saturated rings. The Morgan fingerprint density at radius 2 is 1.87 bits per heavy atom. The first kappa shape index (κ1) is 13.8. The summed E-state index contributed by atoms with van der Waals surface area (Å²) in [6.07, 6.45) is -6.53. The van der Waals surface area contributed by atoms with Crippen LogP contribution in [0.25, 0.3) is 0 Å². The number of carbonyl (C=O) groups excluding carboxylic acids is 1. The van der Waals surface area contributed by atoms with Crippen LogP contribution < -0.4 is 5.73 Å². The van der Waals surface area contributed by atoms with Gasteiger partial charge in [-0.2, -0.15) is 0 Å². The lowest BCUT2D eigenvalue weighted by molar-refractivity contribution is -0.118. The highest BCUT2D eigenvalue weighted by atomic mass is 16.7. The molecule has 0 spiro atoms. The molecule has 8 heteroatoms. The minimum atomic E-state index is -1.76. The Morgan fingerprint density at radius 3 is 2.27 bits per heavy atom. The van der Waals surface area contributed by atoms with Crippen molar-refractivity contribution in [3.05, 3.63) is 0 Å². The molecule has 0 aromatic carbocycles. The second kappa shape index (κ2) is 6.30. The van der Waals surface area contributed by atoms with E-state index in [0.29, 0.717) is 0 Å². The van der Waals surface area contributed by atoms with E-state index in [1.807, 2.05) is 0 Å². The molecule has 0 aliphatic carbocycles. The van der Waals surface area contributed by atoms with Gasteiger partial charge in [0.15, 0.2) is 0 Å². The van der Waals surface area contributed by atoms with E-state index in [0.717, 1.165) is 0 Å². The third kappa shape index (κ3) is 4.70. The summed E-state index contributed by atoms with van der Waals surface area (Å²) in [7, 11) is 0. The van der Waals surface area contributed by atoms with Gasteiger partial charge in [0.25, 0.3) is 0 Å². The molecule has 6 N–H and O–H groups in total. The molecule has 0 aromatic rings. The number of aliphatic hydroxyl groups is 3. The molecule has 0 radical (unpaired) electrons. The van der Waals surface area contributed by atoms with Crippen molar-refractivity contribution in [3.63, 3.8) is 0 Å². The minimum absolute atomic E-state index is 0.193. The van der Waals surface area contributed by atoms with E-state index < -0.39 is 37.1 Å². The number of aldehydes is 1. The Labute approximate surface area is 84.9 Å². The zero-order valence-corrected chi connectivity index (χ0v) is 7.68. The third-order valence-electron chi connectivity index (χ3n) is 1.67. The van der Waals surface area contributed by atoms with Crippen molar-refractivity contribution in [2.75, 3.05) is 6.61 Å². The predicted molar refractivity (Wildman–Crippen MR) is 46.0 cm³/mol. The van der Waals surface area contributed by atoms with Crippen LogP contribution in [0.4, 0.5) is 4.79 Å². The topological polar surface area (TPSA) is 150 Å².